The van der Waals surface area contributed by atoms with Crippen molar-refractivity contribution in [1.29, 1.82) is 0 Å². The minimum Gasteiger partial charge on any atom is -0.563 e. The smallest absolute Gasteiger partial charge is 0 e. The van der Waals surface area contributed by atoms with Crippen LogP contribution >= 0.6 is 0 Å². The maximum atomic E-state index is 7.97. The molecule has 3 heteroatoms. The number of aliphatic hydroxyl groups is 1. The first-order valence-electron chi connectivity index (χ1n) is 4.36. The van der Waals surface area contributed by atoms with Crippen LogP contribution in [0, 0.1) is 17.9 Å². The molecule has 2 bridgehead atoms. The van der Waals surface area contributed by atoms with E-state index in [1.165, 1.54) is 19.3 Å². The molecular weight excluding hydrogens is 589 g/mol. The summed E-state index contributed by atoms with van der Waals surface area (Å²) in [6, 6.07) is 0. The Morgan fingerprint density at radius 2 is 1.46 bits per heavy atom. The van der Waals surface area contributed by atoms with Crippen molar-refractivity contribution in [2.45, 2.75) is 33.1 Å². The first-order valence-corrected chi connectivity index (χ1v) is 4.36. The van der Waals surface area contributed by atoms with Crippen LogP contribution < -0.4 is 0 Å². The minimum absolute atomic E-state index is 0. The third-order valence-corrected chi connectivity index (χ3v) is 2.17. The molecule has 2 aliphatic rings. The van der Waals surface area contributed by atoms with Crippen LogP contribution in [0.25, 0.3) is 0 Å². The van der Waals surface area contributed by atoms with Gasteiger partial charge in [-0.05, 0) is 31.1 Å². The molecule has 0 saturated heterocycles. The number of rotatable bonds is 0. The Labute approximate surface area is 88.9 Å². The Morgan fingerprint density at radius 3 is 1.54 bits per heavy atom. The summed E-state index contributed by atoms with van der Waals surface area (Å²) in [7, 11) is 0. The summed E-state index contributed by atoms with van der Waals surface area (Å²) in [5.41, 5.74) is 0. The fourth-order valence-corrected chi connectivity index (χ4v) is 1.72. The molecule has 1 nitrogen and oxygen atoms in total. The van der Waals surface area contributed by atoms with Crippen molar-refractivity contribution in [3.63, 3.8) is 0 Å². The number of hydrogen-bond donors (Lipinski definition) is 1. The molecule has 0 aromatic rings. The molecule has 73 valence electrons. The molecule has 1 N–H and O–H groups in total. The summed E-state index contributed by atoms with van der Waals surface area (Å²) in [5, 5.41) is 7.97. The second kappa shape index (κ2) is 6.83. The molecule has 2 atom stereocenters. The van der Waals surface area contributed by atoms with Gasteiger partial charge in [0.25, 0.3) is 0 Å². The van der Waals surface area contributed by atoms with Crippen molar-refractivity contribution < 1.29 is 25.5 Å². The van der Waals surface area contributed by atoms with E-state index in [0.29, 0.717) is 6.10 Å². The van der Waals surface area contributed by atoms with Crippen LogP contribution in [0.15, 0.2) is 12.2 Å². The van der Waals surface area contributed by atoms with Crippen LogP contribution in [0.2, 0.25) is 0 Å². The van der Waals surface area contributed by atoms with Crippen molar-refractivity contribution in [3.8, 4) is 0 Å². The maximum Gasteiger partial charge on any atom is 0 e. The molecule has 0 aliphatic heterocycles. The van der Waals surface area contributed by atoms with Crippen LogP contribution in [-0.2, 0) is 20.4 Å². The summed E-state index contributed by atoms with van der Waals surface area (Å²) in [6.45, 7) is 3.28. The first-order chi connectivity index (χ1) is 5.18. The quantitative estimate of drug-likeness (QED) is 0.333. The number of fused-ring (bicyclic) bond motifs is 2. The Kier molecular flexibility index (Phi) is 7.81. The third-order valence-electron chi connectivity index (χ3n) is 2.17. The zero-order chi connectivity index (χ0) is 8.27. The molecule has 0 heterocycles. The van der Waals surface area contributed by atoms with Gasteiger partial charge in [0.05, 0.1) is 0 Å². The van der Waals surface area contributed by atoms with Gasteiger partial charge in [-0.3, -0.25) is 0 Å². The van der Waals surface area contributed by atoms with Crippen molar-refractivity contribution in [1.82, 2.24) is 0 Å². The van der Waals surface area contributed by atoms with Gasteiger partial charge in [0, 0.05) is 20.4 Å². The molecular formula is C10H17OReRf-. The largest absolute Gasteiger partial charge is 0.563 e. The van der Waals surface area contributed by atoms with E-state index in [0.717, 1.165) is 11.8 Å². The van der Waals surface area contributed by atoms with Gasteiger partial charge in [-0.1, -0.05) is 12.2 Å². The molecule has 0 aromatic carbocycles. The normalized spacial score (nSPS) is 27.4. The van der Waals surface area contributed by atoms with Crippen LogP contribution in [0.1, 0.15) is 33.1 Å². The second-order valence-corrected chi connectivity index (χ2v) is 3.67. The molecule has 2 unspecified atom stereocenters. The standard InChI is InChI=1S/C7H10.C3H7O.Re.Rf/c1-2-7-4-3-6(1)5-7;1-3(2)4;;/h1-2,6-7H,3-5H2;4H,1-2H3;;/q;-1;;. The van der Waals surface area contributed by atoms with Gasteiger partial charge in [-0.25, -0.2) is 6.10 Å². The van der Waals surface area contributed by atoms with Gasteiger partial charge in [0.1, 0.15) is 0 Å². The van der Waals surface area contributed by atoms with E-state index >= 15 is 0 Å². The fourth-order valence-electron chi connectivity index (χ4n) is 1.72. The summed E-state index contributed by atoms with van der Waals surface area (Å²) in [5.74, 6) is 1.98. The number of allylic oxidation sites excluding steroid dienone is 2. The van der Waals surface area contributed by atoms with Gasteiger partial charge in [-0.15, -0.1) is 0 Å². The van der Waals surface area contributed by atoms with Gasteiger partial charge >= 0.3 is 0 Å². The number of aliphatic hydroxyl groups excluding tert-OH is 1. The summed E-state index contributed by atoms with van der Waals surface area (Å²) >= 11 is 0. The molecule has 0 amide bonds. The van der Waals surface area contributed by atoms with Crippen LogP contribution in [-0.4, -0.2) is 5.11 Å². The number of hydrogen-bond acceptors (Lipinski definition) is 1. The second-order valence-electron chi connectivity index (χ2n) is 3.67. The van der Waals surface area contributed by atoms with Crippen LogP contribution in [0.5, 0.6) is 0 Å². The predicted molar refractivity (Wildman–Crippen MR) is 46.5 cm³/mol. The molecule has 0 spiro atoms. The third kappa shape index (κ3) is 5.58. The van der Waals surface area contributed by atoms with E-state index in [1.54, 1.807) is 13.8 Å². The molecule has 1 saturated carbocycles. The average Bonchev–Trinajstić information content (AvgIpc) is 2.45. The molecule has 2 aliphatic carbocycles. The Morgan fingerprint density at radius 1 is 1.15 bits per heavy atom. The predicted octanol–water partition coefficient (Wildman–Crippen LogP) is 2.90. The molecule has 1 radical (unpaired) electrons. The van der Waals surface area contributed by atoms with Crippen molar-refractivity contribution in [3.05, 3.63) is 18.3 Å². The van der Waals surface area contributed by atoms with E-state index in [2.05, 4.69) is 12.2 Å². The van der Waals surface area contributed by atoms with Crippen molar-refractivity contribution >= 4 is 0 Å². The Balaban J connectivity index is 0. The summed E-state index contributed by atoms with van der Waals surface area (Å²) in [6.07, 6.45) is 9.60. The minimum atomic E-state index is 0. The van der Waals surface area contributed by atoms with E-state index < -0.39 is 0 Å². The maximum absolute atomic E-state index is 7.97. The molecule has 1 fully saturated rings. The Bertz CT molecular complexity index is 133. The van der Waals surface area contributed by atoms with E-state index in [1.807, 2.05) is 0 Å². The van der Waals surface area contributed by atoms with Gasteiger partial charge < -0.3 is 5.11 Å². The van der Waals surface area contributed by atoms with Gasteiger partial charge in [-0.2, -0.15) is 13.8 Å². The zero-order valence-corrected chi connectivity index (χ0v) is 17.6. The summed E-state index contributed by atoms with van der Waals surface area (Å²) < 4.78 is 0. The zero-order valence-electron chi connectivity index (χ0n) is 8.46. The first kappa shape index (κ1) is 14.9. The van der Waals surface area contributed by atoms with Gasteiger partial charge in [0.2, 0.25) is 0 Å². The fraction of sp³-hybridized carbons (Fsp3) is 0.700. The summed E-state index contributed by atoms with van der Waals surface area (Å²) in [4.78, 5) is 0. The van der Waals surface area contributed by atoms with Crippen molar-refractivity contribution in [2.24, 2.45) is 11.8 Å². The molecule has 2 rings (SSSR count). The van der Waals surface area contributed by atoms with Crippen molar-refractivity contribution in [2.75, 3.05) is 0 Å². The topological polar surface area (TPSA) is 20.2 Å². The van der Waals surface area contributed by atoms with Gasteiger partial charge in [0.15, 0.2) is 0 Å². The van der Waals surface area contributed by atoms with E-state index in [4.69, 9.17) is 5.11 Å². The average molecular weight is 606 g/mol. The molecule has 13 heavy (non-hydrogen) atoms. The van der Waals surface area contributed by atoms with E-state index in [9.17, 15) is 0 Å². The SMILES string of the molecule is C1=CC2CCC1C2.C[C-](C)O.[Re].[Rf]. The Hall–Kier alpha value is -0.638. The monoisotopic (exact) mass is 607 g/mol. The van der Waals surface area contributed by atoms with E-state index in [-0.39, 0.29) is 20.4 Å². The van der Waals surface area contributed by atoms with Crippen LogP contribution in [0.4, 0.5) is 0 Å². The van der Waals surface area contributed by atoms with Crippen LogP contribution in [0.3, 0.4) is 0 Å². The molecule has 0 aromatic heterocycles.